The van der Waals surface area contributed by atoms with E-state index in [0.717, 1.165) is 0 Å². The van der Waals surface area contributed by atoms with E-state index in [1.165, 1.54) is 0 Å². The minimum absolute atomic E-state index is 0.153. The first-order chi connectivity index (χ1) is 8.69. The number of hydrogen-bond acceptors (Lipinski definition) is 4. The van der Waals surface area contributed by atoms with Crippen LogP contribution < -0.4 is 5.73 Å². The molecule has 0 bridgehead atoms. The van der Waals surface area contributed by atoms with Crippen LogP contribution >= 0.6 is 15.9 Å². The maximum absolute atomic E-state index is 12.0. The van der Waals surface area contributed by atoms with Gasteiger partial charge in [-0.15, -0.1) is 0 Å². The molecular formula is C11H15BrF3N3O. The van der Waals surface area contributed by atoms with Crippen molar-refractivity contribution in [3.63, 3.8) is 0 Å². The van der Waals surface area contributed by atoms with Gasteiger partial charge < -0.3 is 10.5 Å². The van der Waals surface area contributed by atoms with Gasteiger partial charge in [0.25, 0.3) is 0 Å². The molecule has 0 spiro atoms. The van der Waals surface area contributed by atoms with Crippen molar-refractivity contribution in [1.82, 2.24) is 9.97 Å². The SMILES string of the molecule is CC(C)Cc1nc(COCC(F)(F)F)nc(N)c1Br. The second kappa shape index (κ2) is 6.51. The summed E-state index contributed by atoms with van der Waals surface area (Å²) in [6.07, 6.45) is -3.71. The molecule has 108 valence electrons. The molecule has 0 aromatic carbocycles. The smallest absolute Gasteiger partial charge is 0.383 e. The Hall–Kier alpha value is -0.890. The van der Waals surface area contributed by atoms with E-state index in [2.05, 4.69) is 30.6 Å². The molecular weight excluding hydrogens is 327 g/mol. The highest BCUT2D eigenvalue weighted by molar-refractivity contribution is 9.10. The Balaban J connectivity index is 2.76. The van der Waals surface area contributed by atoms with Crippen LogP contribution in [-0.4, -0.2) is 22.8 Å². The molecule has 0 unspecified atom stereocenters. The van der Waals surface area contributed by atoms with E-state index < -0.39 is 12.8 Å². The zero-order valence-corrected chi connectivity index (χ0v) is 12.2. The standard InChI is InChI=1S/C11H15BrF3N3O/c1-6(2)3-7-9(12)10(16)18-8(17-7)4-19-5-11(13,14)15/h6H,3-5H2,1-2H3,(H2,16,17,18). The van der Waals surface area contributed by atoms with Gasteiger partial charge in [-0.2, -0.15) is 13.2 Å². The molecule has 0 aliphatic carbocycles. The van der Waals surface area contributed by atoms with E-state index in [1.807, 2.05) is 13.8 Å². The van der Waals surface area contributed by atoms with E-state index in [9.17, 15) is 13.2 Å². The summed E-state index contributed by atoms with van der Waals surface area (Å²) >= 11 is 3.27. The fraction of sp³-hybridized carbons (Fsp3) is 0.636. The lowest BCUT2D eigenvalue weighted by Gasteiger charge is -2.11. The third-order valence-corrected chi connectivity index (χ3v) is 2.95. The highest BCUT2D eigenvalue weighted by Gasteiger charge is 2.27. The van der Waals surface area contributed by atoms with Crippen molar-refractivity contribution in [3.8, 4) is 0 Å². The molecule has 0 atom stereocenters. The van der Waals surface area contributed by atoms with Crippen molar-refractivity contribution >= 4 is 21.7 Å². The van der Waals surface area contributed by atoms with E-state index in [4.69, 9.17) is 5.73 Å². The molecule has 0 radical (unpaired) electrons. The van der Waals surface area contributed by atoms with Crippen LogP contribution in [0.25, 0.3) is 0 Å². The molecule has 0 aliphatic heterocycles. The van der Waals surface area contributed by atoms with Crippen LogP contribution in [0.2, 0.25) is 0 Å². The van der Waals surface area contributed by atoms with Gasteiger partial charge >= 0.3 is 6.18 Å². The Morgan fingerprint density at radius 2 is 1.95 bits per heavy atom. The largest absolute Gasteiger partial charge is 0.411 e. The van der Waals surface area contributed by atoms with Gasteiger partial charge in [0.15, 0.2) is 5.82 Å². The van der Waals surface area contributed by atoms with Crippen molar-refractivity contribution in [2.45, 2.75) is 33.1 Å². The van der Waals surface area contributed by atoms with Crippen LogP contribution in [0.15, 0.2) is 4.47 Å². The summed E-state index contributed by atoms with van der Waals surface area (Å²) in [4.78, 5) is 8.05. The molecule has 4 nitrogen and oxygen atoms in total. The van der Waals surface area contributed by atoms with Crippen molar-refractivity contribution in [3.05, 3.63) is 16.0 Å². The number of hydrogen-bond donors (Lipinski definition) is 1. The molecule has 1 rings (SSSR count). The Labute approximate surface area is 117 Å². The van der Waals surface area contributed by atoms with E-state index >= 15 is 0 Å². The number of nitrogens with two attached hydrogens (primary N) is 1. The van der Waals surface area contributed by atoms with Crippen LogP contribution in [0.3, 0.4) is 0 Å². The summed E-state index contributed by atoms with van der Waals surface area (Å²) in [5.41, 5.74) is 6.35. The molecule has 1 heterocycles. The average molecular weight is 342 g/mol. The summed E-state index contributed by atoms with van der Waals surface area (Å²) < 4.78 is 41.0. The molecule has 0 aliphatic rings. The van der Waals surface area contributed by atoms with Crippen LogP contribution in [0.1, 0.15) is 25.4 Å². The van der Waals surface area contributed by atoms with Gasteiger partial charge in [0, 0.05) is 0 Å². The topological polar surface area (TPSA) is 61.0 Å². The predicted octanol–water partition coefficient (Wildman–Crippen LogP) is 3.10. The van der Waals surface area contributed by atoms with E-state index in [1.54, 1.807) is 0 Å². The number of rotatable bonds is 5. The van der Waals surface area contributed by atoms with Crippen LogP contribution in [-0.2, 0) is 17.8 Å². The number of aromatic nitrogens is 2. The van der Waals surface area contributed by atoms with Crippen molar-refractivity contribution in [2.75, 3.05) is 12.3 Å². The molecule has 0 saturated heterocycles. The normalized spacial score (nSPS) is 12.2. The second-order valence-electron chi connectivity index (χ2n) is 4.49. The first-order valence-electron chi connectivity index (χ1n) is 5.64. The first-order valence-corrected chi connectivity index (χ1v) is 6.43. The molecule has 0 amide bonds. The molecule has 0 saturated carbocycles. The highest BCUT2D eigenvalue weighted by atomic mass is 79.9. The molecule has 19 heavy (non-hydrogen) atoms. The number of nitrogen functional groups attached to an aromatic ring is 1. The molecule has 8 heteroatoms. The zero-order chi connectivity index (χ0) is 14.6. The lowest BCUT2D eigenvalue weighted by Crippen LogP contribution is -2.18. The molecule has 1 aromatic heterocycles. The van der Waals surface area contributed by atoms with Gasteiger partial charge in [-0.3, -0.25) is 0 Å². The van der Waals surface area contributed by atoms with Gasteiger partial charge in [0.2, 0.25) is 0 Å². The quantitative estimate of drug-likeness (QED) is 0.893. The fourth-order valence-electron chi connectivity index (χ4n) is 1.41. The number of alkyl halides is 3. The first kappa shape index (κ1) is 16.2. The summed E-state index contributed by atoms with van der Waals surface area (Å²) in [6, 6.07) is 0. The monoisotopic (exact) mass is 341 g/mol. The van der Waals surface area contributed by atoms with Gasteiger partial charge in [-0.1, -0.05) is 13.8 Å². The summed E-state index contributed by atoms with van der Waals surface area (Å²) in [5.74, 6) is 0.700. The van der Waals surface area contributed by atoms with E-state index in [-0.39, 0.29) is 18.2 Å². The fourth-order valence-corrected chi connectivity index (χ4v) is 1.75. The lowest BCUT2D eigenvalue weighted by atomic mass is 10.1. The maximum atomic E-state index is 12.0. The van der Waals surface area contributed by atoms with Gasteiger partial charge in [0.05, 0.1) is 10.2 Å². The number of ether oxygens (including phenoxy) is 1. The number of halogens is 4. The third kappa shape index (κ3) is 5.73. The summed E-state index contributed by atoms with van der Waals surface area (Å²) in [7, 11) is 0. The summed E-state index contributed by atoms with van der Waals surface area (Å²) in [6.45, 7) is 2.36. The minimum atomic E-state index is -4.36. The Bertz CT molecular complexity index is 438. The minimum Gasteiger partial charge on any atom is -0.383 e. The lowest BCUT2D eigenvalue weighted by molar-refractivity contribution is -0.177. The number of nitrogens with zero attached hydrogens (tertiary/aromatic N) is 2. The van der Waals surface area contributed by atoms with Crippen LogP contribution in [0.4, 0.5) is 19.0 Å². The molecule has 2 N–H and O–H groups in total. The van der Waals surface area contributed by atoms with Gasteiger partial charge in [-0.25, -0.2) is 9.97 Å². The van der Waals surface area contributed by atoms with Gasteiger partial charge in [-0.05, 0) is 28.3 Å². The van der Waals surface area contributed by atoms with Crippen LogP contribution in [0.5, 0.6) is 0 Å². The molecule has 0 fully saturated rings. The predicted molar refractivity (Wildman–Crippen MR) is 68.4 cm³/mol. The third-order valence-electron chi connectivity index (χ3n) is 2.09. The Morgan fingerprint density at radius 3 is 2.47 bits per heavy atom. The molecule has 1 aromatic rings. The highest BCUT2D eigenvalue weighted by Crippen LogP contribution is 2.23. The Kier molecular flexibility index (Phi) is 5.54. The van der Waals surface area contributed by atoms with Crippen molar-refractivity contribution in [2.24, 2.45) is 5.92 Å². The summed E-state index contributed by atoms with van der Waals surface area (Å²) in [5, 5.41) is 0. The Morgan fingerprint density at radius 1 is 1.32 bits per heavy atom. The van der Waals surface area contributed by atoms with E-state index in [0.29, 0.717) is 22.5 Å². The van der Waals surface area contributed by atoms with Gasteiger partial charge in [0.1, 0.15) is 19.0 Å². The zero-order valence-electron chi connectivity index (χ0n) is 10.6. The van der Waals surface area contributed by atoms with Crippen LogP contribution in [0, 0.1) is 5.92 Å². The van der Waals surface area contributed by atoms with Crippen molar-refractivity contribution in [1.29, 1.82) is 0 Å². The number of anilines is 1. The average Bonchev–Trinajstić information content (AvgIpc) is 2.22. The van der Waals surface area contributed by atoms with Crippen molar-refractivity contribution < 1.29 is 17.9 Å². The second-order valence-corrected chi connectivity index (χ2v) is 5.28. The maximum Gasteiger partial charge on any atom is 0.411 e.